The molecule has 7 heteroatoms. The standard InChI is InChI=1S/C29H31N3O3S/c33-29(24-11-12-24)32-16-15-25-21-26(13-14-27(25)32)36(34,35)31-19-17-30(18-20-31)28(22-7-3-1-4-8-22)23-9-5-2-6-10-23/h1-10,13-14,21,24,28H,11-12,15-20H2. The van der Waals surface area contributed by atoms with Crippen LogP contribution in [0.25, 0.3) is 0 Å². The van der Waals surface area contributed by atoms with E-state index in [2.05, 4.69) is 53.4 Å². The van der Waals surface area contributed by atoms with Crippen molar-refractivity contribution >= 4 is 21.6 Å². The zero-order valence-corrected chi connectivity index (χ0v) is 21.1. The van der Waals surface area contributed by atoms with Crippen LogP contribution in [0.4, 0.5) is 5.69 Å². The molecule has 1 aliphatic carbocycles. The molecule has 1 saturated heterocycles. The monoisotopic (exact) mass is 501 g/mol. The van der Waals surface area contributed by atoms with Crippen molar-refractivity contribution in [2.75, 3.05) is 37.6 Å². The molecule has 3 aromatic carbocycles. The molecule has 2 fully saturated rings. The Morgan fingerprint density at radius 2 is 1.39 bits per heavy atom. The third kappa shape index (κ3) is 4.36. The first-order valence-corrected chi connectivity index (χ1v) is 14.2. The number of benzene rings is 3. The number of carbonyl (C=O) groups is 1. The number of hydrogen-bond donors (Lipinski definition) is 0. The Morgan fingerprint density at radius 3 is 1.97 bits per heavy atom. The molecular weight excluding hydrogens is 470 g/mol. The summed E-state index contributed by atoms with van der Waals surface area (Å²) >= 11 is 0. The Kier molecular flexibility index (Phi) is 6.15. The molecule has 2 aliphatic heterocycles. The summed E-state index contributed by atoms with van der Waals surface area (Å²) < 4.78 is 28.7. The summed E-state index contributed by atoms with van der Waals surface area (Å²) in [6.45, 7) is 2.85. The van der Waals surface area contributed by atoms with Gasteiger partial charge in [-0.3, -0.25) is 9.69 Å². The van der Waals surface area contributed by atoms with Crippen LogP contribution in [0.2, 0.25) is 0 Å². The van der Waals surface area contributed by atoms with Gasteiger partial charge in [0.2, 0.25) is 15.9 Å². The summed E-state index contributed by atoms with van der Waals surface area (Å²) in [7, 11) is -3.60. The number of amides is 1. The first kappa shape index (κ1) is 23.4. The van der Waals surface area contributed by atoms with Gasteiger partial charge in [-0.25, -0.2) is 8.42 Å². The molecule has 2 heterocycles. The minimum Gasteiger partial charge on any atom is -0.312 e. The van der Waals surface area contributed by atoms with E-state index in [4.69, 9.17) is 0 Å². The van der Waals surface area contributed by atoms with Crippen LogP contribution in [0.1, 0.15) is 35.6 Å². The second-order valence-corrected chi connectivity index (χ2v) is 11.9. The maximum Gasteiger partial charge on any atom is 0.243 e. The van der Waals surface area contributed by atoms with Crippen LogP contribution in [0.5, 0.6) is 0 Å². The van der Waals surface area contributed by atoms with E-state index in [1.165, 1.54) is 11.1 Å². The lowest BCUT2D eigenvalue weighted by Crippen LogP contribution is -2.49. The SMILES string of the molecule is O=C(C1CC1)N1CCc2cc(S(=O)(=O)N3CCN(C(c4ccccc4)c4ccccc4)CC3)ccc21. The summed E-state index contributed by atoms with van der Waals surface area (Å²) in [6.07, 6.45) is 2.65. The van der Waals surface area contributed by atoms with E-state index < -0.39 is 10.0 Å². The number of rotatable bonds is 6. The summed E-state index contributed by atoms with van der Waals surface area (Å²) in [5.41, 5.74) is 4.26. The van der Waals surface area contributed by atoms with Crippen LogP contribution in [0, 0.1) is 5.92 Å². The molecule has 1 saturated carbocycles. The highest BCUT2D eigenvalue weighted by Crippen LogP contribution is 2.38. The maximum absolute atomic E-state index is 13.6. The van der Waals surface area contributed by atoms with Crippen molar-refractivity contribution in [1.82, 2.24) is 9.21 Å². The number of hydrogen-bond acceptors (Lipinski definition) is 4. The Hall–Kier alpha value is -3.00. The van der Waals surface area contributed by atoms with Gasteiger partial charge in [-0.15, -0.1) is 0 Å². The Balaban J connectivity index is 1.19. The van der Waals surface area contributed by atoms with Gasteiger partial charge in [-0.05, 0) is 54.2 Å². The molecule has 0 spiro atoms. The molecule has 186 valence electrons. The molecule has 0 N–H and O–H groups in total. The van der Waals surface area contributed by atoms with Gasteiger partial charge in [-0.1, -0.05) is 60.7 Å². The third-order valence-corrected chi connectivity index (χ3v) is 9.54. The molecule has 3 aliphatic rings. The van der Waals surface area contributed by atoms with Crippen LogP contribution in [-0.2, 0) is 21.2 Å². The summed E-state index contributed by atoms with van der Waals surface area (Å²) in [5.74, 6) is 0.345. The molecule has 0 radical (unpaired) electrons. The largest absolute Gasteiger partial charge is 0.312 e. The van der Waals surface area contributed by atoms with Crippen LogP contribution in [0.15, 0.2) is 83.8 Å². The van der Waals surface area contributed by atoms with E-state index in [0.29, 0.717) is 44.0 Å². The molecule has 0 atom stereocenters. The smallest absolute Gasteiger partial charge is 0.243 e. The highest BCUT2D eigenvalue weighted by atomic mass is 32.2. The molecular formula is C29H31N3O3S. The lowest BCUT2D eigenvalue weighted by molar-refractivity contribution is -0.119. The molecule has 6 nitrogen and oxygen atoms in total. The first-order chi connectivity index (χ1) is 17.5. The van der Waals surface area contributed by atoms with Crippen LogP contribution in [-0.4, -0.2) is 56.3 Å². The Bertz CT molecular complexity index is 1310. The highest BCUT2D eigenvalue weighted by Gasteiger charge is 2.37. The third-order valence-electron chi connectivity index (χ3n) is 7.65. The molecule has 1 amide bonds. The Labute approximate surface area is 213 Å². The number of fused-ring (bicyclic) bond motifs is 1. The van der Waals surface area contributed by atoms with Crippen LogP contribution >= 0.6 is 0 Å². The minimum atomic E-state index is -3.60. The predicted octanol–water partition coefficient (Wildman–Crippen LogP) is 4.08. The van der Waals surface area contributed by atoms with Crippen molar-refractivity contribution < 1.29 is 13.2 Å². The normalized spacial score (nSPS) is 19.0. The Morgan fingerprint density at radius 1 is 0.778 bits per heavy atom. The average Bonchev–Trinajstić information content (AvgIpc) is 3.69. The lowest BCUT2D eigenvalue weighted by Gasteiger charge is -2.39. The van der Waals surface area contributed by atoms with Crippen LogP contribution in [0.3, 0.4) is 0 Å². The van der Waals surface area contributed by atoms with Gasteiger partial charge in [-0.2, -0.15) is 4.31 Å². The van der Waals surface area contributed by atoms with Crippen molar-refractivity contribution in [3.8, 4) is 0 Å². The van der Waals surface area contributed by atoms with Crippen molar-refractivity contribution in [2.45, 2.75) is 30.2 Å². The highest BCUT2D eigenvalue weighted by molar-refractivity contribution is 7.89. The predicted molar refractivity (Wildman–Crippen MR) is 140 cm³/mol. The van der Waals surface area contributed by atoms with Gasteiger partial charge >= 0.3 is 0 Å². The number of carbonyl (C=O) groups excluding carboxylic acids is 1. The summed E-state index contributed by atoms with van der Waals surface area (Å²) in [5, 5.41) is 0. The van der Waals surface area contributed by atoms with Crippen LogP contribution < -0.4 is 4.90 Å². The number of piperazine rings is 1. The quantitative estimate of drug-likeness (QED) is 0.511. The van der Waals surface area contributed by atoms with Gasteiger partial charge in [0.05, 0.1) is 10.9 Å². The van der Waals surface area contributed by atoms with Crippen molar-refractivity contribution in [3.05, 3.63) is 95.6 Å². The number of sulfonamides is 1. The first-order valence-electron chi connectivity index (χ1n) is 12.8. The zero-order chi connectivity index (χ0) is 24.7. The average molecular weight is 502 g/mol. The van der Waals surface area contributed by atoms with Gasteiger partial charge in [0, 0.05) is 44.3 Å². The molecule has 0 aromatic heterocycles. The molecule has 36 heavy (non-hydrogen) atoms. The molecule has 0 bridgehead atoms. The zero-order valence-electron chi connectivity index (χ0n) is 20.3. The second kappa shape index (κ2) is 9.47. The molecule has 6 rings (SSSR count). The summed E-state index contributed by atoms with van der Waals surface area (Å²) in [4.78, 5) is 17.1. The maximum atomic E-state index is 13.6. The summed E-state index contributed by atoms with van der Waals surface area (Å²) in [6, 6.07) is 26.2. The van der Waals surface area contributed by atoms with Gasteiger partial charge in [0.25, 0.3) is 0 Å². The van der Waals surface area contributed by atoms with E-state index in [1.807, 2.05) is 23.1 Å². The number of anilines is 1. The second-order valence-electron chi connectivity index (χ2n) is 9.97. The van der Waals surface area contributed by atoms with E-state index in [1.54, 1.807) is 16.4 Å². The lowest BCUT2D eigenvalue weighted by atomic mass is 9.96. The van der Waals surface area contributed by atoms with Gasteiger partial charge < -0.3 is 4.90 Å². The fourth-order valence-electron chi connectivity index (χ4n) is 5.55. The topological polar surface area (TPSA) is 60.9 Å². The van der Waals surface area contributed by atoms with Crippen molar-refractivity contribution in [1.29, 1.82) is 0 Å². The van der Waals surface area contributed by atoms with E-state index >= 15 is 0 Å². The minimum absolute atomic E-state index is 0.0900. The molecule has 3 aromatic rings. The van der Waals surface area contributed by atoms with Crippen molar-refractivity contribution in [3.63, 3.8) is 0 Å². The molecule has 0 unspecified atom stereocenters. The fraction of sp³-hybridized carbons (Fsp3) is 0.345. The van der Waals surface area contributed by atoms with E-state index in [0.717, 1.165) is 24.1 Å². The van der Waals surface area contributed by atoms with Crippen molar-refractivity contribution in [2.24, 2.45) is 5.92 Å². The number of nitrogens with zero attached hydrogens (tertiary/aromatic N) is 3. The van der Waals surface area contributed by atoms with Gasteiger partial charge in [0.15, 0.2) is 0 Å². The van der Waals surface area contributed by atoms with Gasteiger partial charge in [0.1, 0.15) is 0 Å². The van der Waals surface area contributed by atoms with E-state index in [9.17, 15) is 13.2 Å². The van der Waals surface area contributed by atoms with E-state index in [-0.39, 0.29) is 17.9 Å². The fourth-order valence-corrected chi connectivity index (χ4v) is 7.03.